The van der Waals surface area contributed by atoms with E-state index in [1.807, 2.05) is 68.4 Å². The molecular formula is C32H41N3O5S. The zero-order chi connectivity index (χ0) is 29.8. The van der Waals surface area contributed by atoms with Gasteiger partial charge in [0.25, 0.3) is 0 Å². The molecule has 41 heavy (non-hydrogen) atoms. The van der Waals surface area contributed by atoms with Crippen LogP contribution in [0.3, 0.4) is 0 Å². The number of nitrogens with one attached hydrogen (secondary N) is 1. The Morgan fingerprint density at radius 3 is 2.17 bits per heavy atom. The van der Waals surface area contributed by atoms with Crippen LogP contribution in [0.15, 0.2) is 78.9 Å². The molecule has 3 rings (SSSR count). The minimum atomic E-state index is -3.59. The summed E-state index contributed by atoms with van der Waals surface area (Å²) in [6, 6.07) is 23.6. The molecule has 9 heteroatoms. The molecule has 0 fully saturated rings. The van der Waals surface area contributed by atoms with Crippen LogP contribution < -0.4 is 14.4 Å². The number of methoxy groups -OCH3 is 1. The molecule has 0 radical (unpaired) electrons. The van der Waals surface area contributed by atoms with Crippen LogP contribution in [0.5, 0.6) is 5.75 Å². The number of hydrogen-bond donors (Lipinski definition) is 1. The molecule has 0 saturated carbocycles. The maximum atomic E-state index is 13.8. The predicted octanol–water partition coefficient (Wildman–Crippen LogP) is 4.72. The quantitative estimate of drug-likeness (QED) is 0.281. The fraction of sp³-hybridized carbons (Fsp3) is 0.375. The van der Waals surface area contributed by atoms with E-state index in [1.54, 1.807) is 36.3 Å². The Balaban J connectivity index is 1.85. The van der Waals surface area contributed by atoms with E-state index in [9.17, 15) is 18.0 Å². The zero-order valence-electron chi connectivity index (χ0n) is 24.4. The maximum Gasteiger partial charge on any atom is 0.243 e. The Morgan fingerprint density at radius 2 is 1.59 bits per heavy atom. The van der Waals surface area contributed by atoms with Gasteiger partial charge in [0.15, 0.2) is 0 Å². The van der Waals surface area contributed by atoms with Gasteiger partial charge in [-0.25, -0.2) is 8.42 Å². The van der Waals surface area contributed by atoms with Crippen molar-refractivity contribution in [3.8, 4) is 5.75 Å². The Kier molecular flexibility index (Phi) is 11.8. The predicted molar refractivity (Wildman–Crippen MR) is 163 cm³/mol. The number of aryl methyl sites for hydroxylation is 1. The van der Waals surface area contributed by atoms with E-state index in [1.165, 1.54) is 4.31 Å². The number of ether oxygens (including phenoxy) is 1. The van der Waals surface area contributed by atoms with Gasteiger partial charge in [-0.05, 0) is 55.2 Å². The van der Waals surface area contributed by atoms with Gasteiger partial charge in [-0.2, -0.15) is 0 Å². The first-order valence-electron chi connectivity index (χ1n) is 13.9. The number of rotatable bonds is 15. The largest absolute Gasteiger partial charge is 0.497 e. The summed E-state index contributed by atoms with van der Waals surface area (Å²) in [7, 11) is -2.04. The molecule has 3 aromatic carbocycles. The van der Waals surface area contributed by atoms with Crippen molar-refractivity contribution in [1.29, 1.82) is 0 Å². The van der Waals surface area contributed by atoms with Crippen molar-refractivity contribution in [2.45, 2.75) is 52.1 Å². The molecule has 0 unspecified atom stereocenters. The molecule has 0 bridgehead atoms. The maximum absolute atomic E-state index is 13.8. The number of amides is 2. The van der Waals surface area contributed by atoms with E-state index >= 15 is 0 Å². The van der Waals surface area contributed by atoms with Crippen LogP contribution in [0.4, 0.5) is 5.69 Å². The molecular weight excluding hydrogens is 538 g/mol. The summed E-state index contributed by atoms with van der Waals surface area (Å²) in [5, 5.41) is 2.98. The number of anilines is 1. The highest BCUT2D eigenvalue weighted by Crippen LogP contribution is 2.23. The van der Waals surface area contributed by atoms with Gasteiger partial charge in [0.1, 0.15) is 11.8 Å². The second-order valence-corrected chi connectivity index (χ2v) is 12.0. The van der Waals surface area contributed by atoms with Gasteiger partial charge in [0, 0.05) is 32.5 Å². The van der Waals surface area contributed by atoms with Crippen LogP contribution in [0.2, 0.25) is 0 Å². The molecule has 1 atom stereocenters. The van der Waals surface area contributed by atoms with Crippen molar-refractivity contribution in [3.05, 3.63) is 95.6 Å². The van der Waals surface area contributed by atoms with Crippen molar-refractivity contribution >= 4 is 27.5 Å². The van der Waals surface area contributed by atoms with E-state index in [-0.39, 0.29) is 37.7 Å². The van der Waals surface area contributed by atoms with E-state index in [0.29, 0.717) is 24.4 Å². The van der Waals surface area contributed by atoms with Crippen LogP contribution in [-0.4, -0.2) is 57.6 Å². The van der Waals surface area contributed by atoms with Crippen LogP contribution in [-0.2, 0) is 32.6 Å². The molecule has 0 aliphatic heterocycles. The highest BCUT2D eigenvalue weighted by atomic mass is 32.2. The van der Waals surface area contributed by atoms with Crippen LogP contribution >= 0.6 is 0 Å². The molecule has 0 spiro atoms. The molecule has 0 aromatic heterocycles. The molecule has 3 aromatic rings. The second kappa shape index (κ2) is 15.2. The monoisotopic (exact) mass is 579 g/mol. The van der Waals surface area contributed by atoms with E-state index in [4.69, 9.17) is 4.74 Å². The van der Waals surface area contributed by atoms with E-state index < -0.39 is 16.1 Å². The summed E-state index contributed by atoms with van der Waals surface area (Å²) in [4.78, 5) is 28.9. The molecule has 1 N–H and O–H groups in total. The SMILES string of the molecule is CCCNC(=O)[C@H](Cc1ccccc1)N(Cc1ccc(C)cc1)C(=O)CCCN(c1ccc(OC)cc1)S(C)(=O)=O. The molecule has 0 saturated heterocycles. The highest BCUT2D eigenvalue weighted by molar-refractivity contribution is 7.92. The van der Waals surface area contributed by atoms with Gasteiger partial charge in [-0.3, -0.25) is 13.9 Å². The van der Waals surface area contributed by atoms with E-state index in [2.05, 4.69) is 5.32 Å². The third-order valence-corrected chi connectivity index (χ3v) is 8.00. The summed E-state index contributed by atoms with van der Waals surface area (Å²) in [5.74, 6) is 0.212. The molecule has 0 aliphatic carbocycles. The number of carbonyl (C=O) groups is 2. The standard InChI is InChI=1S/C32H41N3O5S/c1-5-21-33-32(37)30(23-26-10-7-6-8-11-26)34(24-27-15-13-25(2)14-16-27)31(36)12-9-22-35(41(4,38)39)28-17-19-29(40-3)20-18-28/h6-8,10-11,13-20,30H,5,9,12,21-24H2,1-4H3,(H,33,37)/t30-/m0/s1. The van der Waals surface area contributed by atoms with Crippen molar-refractivity contribution in [2.75, 3.05) is 30.8 Å². The molecule has 8 nitrogen and oxygen atoms in total. The van der Waals surface area contributed by atoms with Crippen molar-refractivity contribution in [1.82, 2.24) is 10.2 Å². The molecule has 0 heterocycles. The first-order chi connectivity index (χ1) is 19.6. The molecule has 2 amide bonds. The fourth-order valence-electron chi connectivity index (χ4n) is 4.56. The number of carbonyl (C=O) groups excluding carboxylic acids is 2. The Hall–Kier alpha value is -3.85. The second-order valence-electron chi connectivity index (χ2n) is 10.1. The lowest BCUT2D eigenvalue weighted by Gasteiger charge is -2.32. The Bertz CT molecular complexity index is 1360. The highest BCUT2D eigenvalue weighted by Gasteiger charge is 2.30. The third-order valence-electron chi connectivity index (χ3n) is 6.81. The lowest BCUT2D eigenvalue weighted by atomic mass is 10.0. The molecule has 0 aliphatic rings. The minimum Gasteiger partial charge on any atom is -0.497 e. The normalized spacial score (nSPS) is 11.9. The smallest absolute Gasteiger partial charge is 0.243 e. The van der Waals surface area contributed by atoms with Gasteiger partial charge in [0.2, 0.25) is 21.8 Å². The summed E-state index contributed by atoms with van der Waals surface area (Å²) < 4.78 is 31.7. The van der Waals surface area contributed by atoms with Crippen molar-refractivity contribution in [2.24, 2.45) is 0 Å². The van der Waals surface area contributed by atoms with Gasteiger partial charge < -0.3 is 15.0 Å². The lowest BCUT2D eigenvalue weighted by Crippen LogP contribution is -2.50. The van der Waals surface area contributed by atoms with Gasteiger partial charge >= 0.3 is 0 Å². The summed E-state index contributed by atoms with van der Waals surface area (Å²) >= 11 is 0. The third kappa shape index (κ3) is 9.63. The topological polar surface area (TPSA) is 96.0 Å². The molecule has 220 valence electrons. The Morgan fingerprint density at radius 1 is 0.927 bits per heavy atom. The first-order valence-corrected chi connectivity index (χ1v) is 15.8. The summed E-state index contributed by atoms with van der Waals surface area (Å²) in [5.41, 5.74) is 3.47. The van der Waals surface area contributed by atoms with E-state index in [0.717, 1.165) is 29.4 Å². The van der Waals surface area contributed by atoms with Gasteiger partial charge in [0.05, 0.1) is 19.1 Å². The van der Waals surface area contributed by atoms with Crippen molar-refractivity contribution < 1.29 is 22.7 Å². The Labute approximate surface area is 244 Å². The average Bonchev–Trinajstić information content (AvgIpc) is 2.96. The lowest BCUT2D eigenvalue weighted by molar-refractivity contribution is -0.141. The average molecular weight is 580 g/mol. The number of sulfonamides is 1. The minimum absolute atomic E-state index is 0.0837. The van der Waals surface area contributed by atoms with Crippen molar-refractivity contribution in [3.63, 3.8) is 0 Å². The van der Waals surface area contributed by atoms with Gasteiger partial charge in [-0.1, -0.05) is 67.1 Å². The number of benzene rings is 3. The summed E-state index contributed by atoms with van der Waals surface area (Å²) in [6.45, 7) is 4.89. The van der Waals surface area contributed by atoms with Crippen LogP contribution in [0.1, 0.15) is 42.9 Å². The number of hydrogen-bond acceptors (Lipinski definition) is 5. The van der Waals surface area contributed by atoms with Crippen LogP contribution in [0, 0.1) is 6.92 Å². The first kappa shape index (κ1) is 31.7. The zero-order valence-corrected chi connectivity index (χ0v) is 25.2. The fourth-order valence-corrected chi connectivity index (χ4v) is 5.53. The van der Waals surface area contributed by atoms with Gasteiger partial charge in [-0.15, -0.1) is 0 Å². The van der Waals surface area contributed by atoms with Crippen LogP contribution in [0.25, 0.3) is 0 Å². The summed E-state index contributed by atoms with van der Waals surface area (Å²) in [6.07, 6.45) is 2.67. The number of nitrogens with zero attached hydrogens (tertiary/aromatic N) is 2.